The minimum atomic E-state index is -4.68. The molecule has 1 N–H and O–H groups in total. The lowest BCUT2D eigenvalue weighted by molar-refractivity contribution is -0.114. The summed E-state index contributed by atoms with van der Waals surface area (Å²) in [5.74, 6) is -0.734. The van der Waals surface area contributed by atoms with Crippen LogP contribution in [0.15, 0.2) is 53.4 Å². The molecule has 0 atom stereocenters. The van der Waals surface area contributed by atoms with E-state index < -0.39 is 20.9 Å². The molecule has 0 bridgehead atoms. The molecule has 0 saturated heterocycles. The van der Waals surface area contributed by atoms with Crippen LogP contribution in [-0.2, 0) is 14.9 Å². The number of hydrogen-bond donors (Lipinski definition) is 1. The number of hydrogen-bond acceptors (Lipinski definition) is 3. The fourth-order valence-corrected chi connectivity index (χ4v) is 3.84. The minimum absolute atomic E-state index is 0.299. The zero-order chi connectivity index (χ0) is 18.2. The van der Waals surface area contributed by atoms with Crippen LogP contribution in [0.2, 0.25) is 5.02 Å². The van der Waals surface area contributed by atoms with Gasteiger partial charge in [-0.05, 0) is 48.7 Å². The van der Waals surface area contributed by atoms with Crippen LogP contribution in [0.4, 0.5) is 5.69 Å². The SMILES string of the molecule is Cc1ccc(N2CCC(c3ccc(Cl)cc3)=C(S(=O)(=O)O)C2=O)cc1. The molecule has 2 aromatic rings. The van der Waals surface area contributed by atoms with Gasteiger partial charge in [0.25, 0.3) is 16.0 Å². The van der Waals surface area contributed by atoms with E-state index in [1.165, 1.54) is 4.90 Å². The van der Waals surface area contributed by atoms with E-state index >= 15 is 0 Å². The van der Waals surface area contributed by atoms with Gasteiger partial charge in [-0.2, -0.15) is 8.42 Å². The highest BCUT2D eigenvalue weighted by molar-refractivity contribution is 7.91. The van der Waals surface area contributed by atoms with Gasteiger partial charge in [0.2, 0.25) is 0 Å². The Kier molecular flexibility index (Phi) is 4.69. The van der Waals surface area contributed by atoms with Crippen molar-refractivity contribution in [1.29, 1.82) is 0 Å². The molecular formula is C18H16ClNO4S. The van der Waals surface area contributed by atoms with Gasteiger partial charge < -0.3 is 4.90 Å². The van der Waals surface area contributed by atoms with Crippen LogP contribution in [0.1, 0.15) is 17.5 Å². The van der Waals surface area contributed by atoms with E-state index in [9.17, 15) is 17.8 Å². The molecule has 3 rings (SSSR count). The standard InChI is InChI=1S/C18H16ClNO4S/c1-12-2-8-15(9-3-12)20-11-10-16(13-4-6-14(19)7-5-13)17(18(20)21)25(22,23)24/h2-9H,10-11H2,1H3,(H,22,23,24). The molecule has 0 saturated carbocycles. The topological polar surface area (TPSA) is 74.7 Å². The van der Waals surface area contributed by atoms with Gasteiger partial charge in [-0.3, -0.25) is 9.35 Å². The van der Waals surface area contributed by atoms with Gasteiger partial charge in [-0.25, -0.2) is 0 Å². The summed E-state index contributed by atoms with van der Waals surface area (Å²) >= 11 is 5.86. The molecule has 0 aliphatic carbocycles. The third kappa shape index (κ3) is 3.61. The normalized spacial score (nSPS) is 15.6. The number of halogens is 1. The number of nitrogens with zero attached hydrogens (tertiary/aromatic N) is 1. The number of anilines is 1. The quantitative estimate of drug-likeness (QED) is 0.828. The van der Waals surface area contributed by atoms with Gasteiger partial charge in [-0.15, -0.1) is 0 Å². The summed E-state index contributed by atoms with van der Waals surface area (Å²) in [5, 5.41) is 0.501. The van der Waals surface area contributed by atoms with Crippen molar-refractivity contribution in [2.45, 2.75) is 13.3 Å². The molecule has 130 valence electrons. The van der Waals surface area contributed by atoms with Crippen molar-refractivity contribution in [3.8, 4) is 0 Å². The monoisotopic (exact) mass is 377 g/mol. The van der Waals surface area contributed by atoms with Crippen molar-refractivity contribution < 1.29 is 17.8 Å². The summed E-state index contributed by atoms with van der Waals surface area (Å²) in [4.78, 5) is 13.6. The van der Waals surface area contributed by atoms with Crippen LogP contribution in [0.3, 0.4) is 0 Å². The third-order valence-electron chi connectivity index (χ3n) is 4.10. The van der Waals surface area contributed by atoms with E-state index in [0.29, 0.717) is 34.8 Å². The molecule has 1 heterocycles. The molecule has 5 nitrogen and oxygen atoms in total. The predicted molar refractivity (Wildman–Crippen MR) is 98.1 cm³/mol. The average Bonchev–Trinajstić information content (AvgIpc) is 2.55. The molecule has 7 heteroatoms. The molecule has 0 aromatic heterocycles. The summed E-state index contributed by atoms with van der Waals surface area (Å²) in [6.45, 7) is 2.24. The Morgan fingerprint density at radius 1 is 1.04 bits per heavy atom. The first kappa shape index (κ1) is 17.7. The Balaban J connectivity index is 2.10. The molecule has 25 heavy (non-hydrogen) atoms. The summed E-state index contributed by atoms with van der Waals surface area (Å²) in [7, 11) is -4.68. The van der Waals surface area contributed by atoms with Crippen molar-refractivity contribution in [2.24, 2.45) is 0 Å². The fourth-order valence-electron chi connectivity index (χ4n) is 2.85. The summed E-state index contributed by atoms with van der Waals surface area (Å²) in [6, 6.07) is 13.7. The number of carbonyl (C=O) groups is 1. The summed E-state index contributed by atoms with van der Waals surface area (Å²) in [5.41, 5.74) is 2.47. The summed E-state index contributed by atoms with van der Waals surface area (Å²) in [6.07, 6.45) is 0.302. The zero-order valence-electron chi connectivity index (χ0n) is 13.4. The molecule has 0 spiro atoms. The van der Waals surface area contributed by atoms with E-state index in [1.54, 1.807) is 36.4 Å². The van der Waals surface area contributed by atoms with Crippen LogP contribution >= 0.6 is 11.6 Å². The first-order chi connectivity index (χ1) is 11.8. The van der Waals surface area contributed by atoms with Crippen molar-refractivity contribution in [2.75, 3.05) is 11.4 Å². The number of benzene rings is 2. The lowest BCUT2D eigenvalue weighted by Crippen LogP contribution is -2.39. The molecule has 1 amide bonds. The number of rotatable bonds is 3. The van der Waals surface area contributed by atoms with Gasteiger partial charge >= 0.3 is 0 Å². The van der Waals surface area contributed by atoms with E-state index in [0.717, 1.165) is 5.56 Å². The maximum Gasteiger partial charge on any atom is 0.300 e. The first-order valence-corrected chi connectivity index (χ1v) is 9.44. The van der Waals surface area contributed by atoms with Crippen molar-refractivity contribution in [3.05, 3.63) is 69.6 Å². The maximum absolute atomic E-state index is 12.8. The lowest BCUT2D eigenvalue weighted by atomic mass is 9.98. The first-order valence-electron chi connectivity index (χ1n) is 7.62. The fraction of sp³-hybridized carbons (Fsp3) is 0.167. The Morgan fingerprint density at radius 2 is 1.64 bits per heavy atom. The van der Waals surface area contributed by atoms with Gasteiger partial charge in [0.15, 0.2) is 4.91 Å². The van der Waals surface area contributed by atoms with Crippen molar-refractivity contribution in [1.82, 2.24) is 0 Å². The lowest BCUT2D eigenvalue weighted by Gasteiger charge is -2.29. The van der Waals surface area contributed by atoms with E-state index in [-0.39, 0.29) is 0 Å². The molecular weight excluding hydrogens is 362 g/mol. The molecule has 1 aliphatic heterocycles. The van der Waals surface area contributed by atoms with E-state index in [4.69, 9.17) is 11.6 Å². The van der Waals surface area contributed by atoms with Crippen molar-refractivity contribution in [3.63, 3.8) is 0 Å². The van der Waals surface area contributed by atoms with Crippen LogP contribution < -0.4 is 4.90 Å². The second kappa shape index (κ2) is 6.63. The Labute approximate surface area is 151 Å². The largest absolute Gasteiger partial charge is 0.307 e. The predicted octanol–water partition coefficient (Wildman–Crippen LogP) is 3.68. The highest BCUT2D eigenvalue weighted by atomic mass is 35.5. The Morgan fingerprint density at radius 3 is 2.20 bits per heavy atom. The van der Waals surface area contributed by atoms with Gasteiger partial charge in [0, 0.05) is 17.3 Å². The van der Waals surface area contributed by atoms with Crippen LogP contribution in [0.25, 0.3) is 5.57 Å². The number of amides is 1. The zero-order valence-corrected chi connectivity index (χ0v) is 15.0. The highest BCUT2D eigenvalue weighted by Crippen LogP contribution is 2.33. The molecule has 0 radical (unpaired) electrons. The number of carbonyl (C=O) groups excluding carboxylic acids is 1. The Bertz CT molecular complexity index is 948. The molecule has 1 aliphatic rings. The Hall–Kier alpha value is -2.15. The third-order valence-corrected chi connectivity index (χ3v) is 5.28. The number of aryl methyl sites for hydroxylation is 1. The van der Waals surface area contributed by atoms with Gasteiger partial charge in [0.05, 0.1) is 0 Å². The second-order valence-electron chi connectivity index (χ2n) is 5.83. The average molecular weight is 378 g/mol. The minimum Gasteiger partial charge on any atom is -0.307 e. The summed E-state index contributed by atoms with van der Waals surface area (Å²) < 4.78 is 33.5. The second-order valence-corrected chi connectivity index (χ2v) is 7.63. The smallest absolute Gasteiger partial charge is 0.300 e. The molecule has 0 fully saturated rings. The van der Waals surface area contributed by atoms with E-state index in [2.05, 4.69) is 0 Å². The molecule has 2 aromatic carbocycles. The van der Waals surface area contributed by atoms with Crippen molar-refractivity contribution >= 4 is 38.9 Å². The van der Waals surface area contributed by atoms with Crippen LogP contribution in [-0.4, -0.2) is 25.4 Å². The van der Waals surface area contributed by atoms with Crippen LogP contribution in [0.5, 0.6) is 0 Å². The van der Waals surface area contributed by atoms with E-state index in [1.807, 2.05) is 19.1 Å². The van der Waals surface area contributed by atoms with Gasteiger partial charge in [-0.1, -0.05) is 41.4 Å². The van der Waals surface area contributed by atoms with Gasteiger partial charge in [0.1, 0.15) is 0 Å². The maximum atomic E-state index is 12.8. The highest BCUT2D eigenvalue weighted by Gasteiger charge is 2.36. The van der Waals surface area contributed by atoms with Crippen LogP contribution in [0, 0.1) is 6.92 Å². The molecule has 0 unspecified atom stereocenters.